The Morgan fingerprint density at radius 1 is 0.893 bits per heavy atom. The van der Waals surface area contributed by atoms with Crippen LogP contribution in [0.5, 0.6) is 0 Å². The maximum Gasteiger partial charge on any atom is 0.134 e. The molecule has 0 spiro atoms. The van der Waals surface area contributed by atoms with Gasteiger partial charge in [0.15, 0.2) is 0 Å². The second-order valence-corrected chi connectivity index (χ2v) is 7.92. The van der Waals surface area contributed by atoms with Crippen LogP contribution in [-0.2, 0) is 0 Å². The number of aliphatic hydroxyl groups excluding tert-OH is 1. The van der Waals surface area contributed by atoms with E-state index in [1.807, 2.05) is 0 Å². The van der Waals surface area contributed by atoms with Gasteiger partial charge in [-0.25, -0.2) is 9.97 Å². The molecule has 2 aliphatic rings. The predicted molar refractivity (Wildman–Crippen MR) is 114 cm³/mol. The molecule has 28 heavy (non-hydrogen) atoms. The maximum absolute atomic E-state index is 9.73. The molecule has 6 heteroatoms. The standard InChI is InChI=1S/C22H31N5O/c1-18-6-8-19(9-7-18)25-10-4-11-26(14-13-25)21-15-22(24-17-23-21)27-12-3-2-5-20(27)16-28/h6-9,15,17,20,28H,2-5,10-14,16H2,1H3. The van der Waals surface area contributed by atoms with Crippen LogP contribution in [0.15, 0.2) is 36.7 Å². The third kappa shape index (κ3) is 4.22. The van der Waals surface area contributed by atoms with Crippen molar-refractivity contribution in [2.45, 2.75) is 38.6 Å². The van der Waals surface area contributed by atoms with Gasteiger partial charge in [0.25, 0.3) is 0 Å². The Kier molecular flexibility index (Phi) is 5.95. The fraction of sp³-hybridized carbons (Fsp3) is 0.545. The van der Waals surface area contributed by atoms with E-state index in [-0.39, 0.29) is 12.6 Å². The topological polar surface area (TPSA) is 55.7 Å². The van der Waals surface area contributed by atoms with E-state index in [0.29, 0.717) is 0 Å². The van der Waals surface area contributed by atoms with Crippen molar-refractivity contribution in [3.05, 3.63) is 42.2 Å². The van der Waals surface area contributed by atoms with E-state index in [4.69, 9.17) is 0 Å². The van der Waals surface area contributed by atoms with Gasteiger partial charge in [-0.05, 0) is 44.7 Å². The summed E-state index contributed by atoms with van der Waals surface area (Å²) in [5.74, 6) is 1.95. The van der Waals surface area contributed by atoms with Crippen molar-refractivity contribution >= 4 is 17.3 Å². The Balaban J connectivity index is 1.46. The summed E-state index contributed by atoms with van der Waals surface area (Å²) in [4.78, 5) is 16.2. The highest BCUT2D eigenvalue weighted by molar-refractivity contribution is 5.52. The molecule has 1 aromatic heterocycles. The number of piperidine rings is 1. The highest BCUT2D eigenvalue weighted by Crippen LogP contribution is 2.26. The summed E-state index contributed by atoms with van der Waals surface area (Å²) in [6, 6.07) is 11.1. The van der Waals surface area contributed by atoms with Crippen LogP contribution in [-0.4, -0.2) is 60.4 Å². The molecular weight excluding hydrogens is 350 g/mol. The molecule has 1 aromatic carbocycles. The molecule has 1 atom stereocenters. The highest BCUT2D eigenvalue weighted by Gasteiger charge is 2.24. The molecule has 0 saturated carbocycles. The lowest BCUT2D eigenvalue weighted by atomic mass is 10.0. The number of hydrogen-bond donors (Lipinski definition) is 1. The van der Waals surface area contributed by atoms with E-state index in [9.17, 15) is 5.11 Å². The monoisotopic (exact) mass is 381 g/mol. The molecule has 2 aromatic rings. The van der Waals surface area contributed by atoms with E-state index in [1.54, 1.807) is 6.33 Å². The van der Waals surface area contributed by atoms with Crippen molar-refractivity contribution in [2.24, 2.45) is 0 Å². The molecule has 2 saturated heterocycles. The number of benzene rings is 1. The molecule has 1 N–H and O–H groups in total. The van der Waals surface area contributed by atoms with Crippen molar-refractivity contribution in [2.75, 3.05) is 54.0 Å². The quantitative estimate of drug-likeness (QED) is 0.879. The zero-order valence-electron chi connectivity index (χ0n) is 16.8. The van der Waals surface area contributed by atoms with Crippen LogP contribution < -0.4 is 14.7 Å². The molecule has 0 radical (unpaired) electrons. The molecule has 3 heterocycles. The summed E-state index contributed by atoms with van der Waals surface area (Å²) in [6.45, 7) is 7.29. The largest absolute Gasteiger partial charge is 0.394 e. The molecule has 0 bridgehead atoms. The Morgan fingerprint density at radius 3 is 2.46 bits per heavy atom. The Hall–Kier alpha value is -2.34. The lowest BCUT2D eigenvalue weighted by Gasteiger charge is -2.36. The molecule has 2 fully saturated rings. The molecule has 0 amide bonds. The Labute approximate surface area is 167 Å². The fourth-order valence-corrected chi connectivity index (χ4v) is 4.32. The van der Waals surface area contributed by atoms with Gasteiger partial charge in [-0.3, -0.25) is 0 Å². The second-order valence-electron chi connectivity index (χ2n) is 7.92. The number of hydrogen-bond acceptors (Lipinski definition) is 6. The summed E-state index contributed by atoms with van der Waals surface area (Å²) >= 11 is 0. The van der Waals surface area contributed by atoms with E-state index < -0.39 is 0 Å². The number of anilines is 3. The number of aromatic nitrogens is 2. The van der Waals surface area contributed by atoms with Crippen molar-refractivity contribution in [1.29, 1.82) is 0 Å². The summed E-state index contributed by atoms with van der Waals surface area (Å²) in [7, 11) is 0. The van der Waals surface area contributed by atoms with Gasteiger partial charge in [0.05, 0.1) is 12.6 Å². The van der Waals surface area contributed by atoms with Gasteiger partial charge in [-0.2, -0.15) is 0 Å². The molecule has 0 aliphatic carbocycles. The van der Waals surface area contributed by atoms with Crippen LogP contribution in [0.2, 0.25) is 0 Å². The molecular formula is C22H31N5O. The van der Waals surface area contributed by atoms with Gasteiger partial charge in [-0.1, -0.05) is 17.7 Å². The molecule has 1 unspecified atom stereocenters. The number of aryl methyl sites for hydroxylation is 1. The van der Waals surface area contributed by atoms with Crippen LogP contribution in [0.1, 0.15) is 31.2 Å². The van der Waals surface area contributed by atoms with Gasteiger partial charge in [0.1, 0.15) is 18.0 Å². The molecule has 150 valence electrons. The smallest absolute Gasteiger partial charge is 0.134 e. The first-order chi connectivity index (χ1) is 13.7. The number of rotatable bonds is 4. The van der Waals surface area contributed by atoms with Crippen LogP contribution in [0.3, 0.4) is 0 Å². The van der Waals surface area contributed by atoms with Gasteiger partial charge in [0, 0.05) is 44.5 Å². The van der Waals surface area contributed by atoms with Gasteiger partial charge >= 0.3 is 0 Å². The minimum atomic E-state index is 0.178. The minimum Gasteiger partial charge on any atom is -0.394 e. The van der Waals surface area contributed by atoms with Gasteiger partial charge in [0.2, 0.25) is 0 Å². The molecule has 4 rings (SSSR count). The third-order valence-corrected chi connectivity index (χ3v) is 5.99. The normalized spacial score (nSPS) is 20.9. The minimum absolute atomic E-state index is 0.178. The van der Waals surface area contributed by atoms with Crippen molar-refractivity contribution in [3.8, 4) is 0 Å². The van der Waals surface area contributed by atoms with Crippen LogP contribution in [0.4, 0.5) is 17.3 Å². The highest BCUT2D eigenvalue weighted by atomic mass is 16.3. The van der Waals surface area contributed by atoms with Gasteiger partial charge in [-0.15, -0.1) is 0 Å². The average Bonchev–Trinajstić information content (AvgIpc) is 3.01. The predicted octanol–water partition coefficient (Wildman–Crippen LogP) is 2.85. The van der Waals surface area contributed by atoms with Crippen LogP contribution in [0, 0.1) is 6.92 Å². The van der Waals surface area contributed by atoms with Gasteiger partial charge < -0.3 is 19.8 Å². The van der Waals surface area contributed by atoms with Crippen molar-refractivity contribution in [1.82, 2.24) is 9.97 Å². The first-order valence-corrected chi connectivity index (χ1v) is 10.5. The van der Waals surface area contributed by atoms with Crippen molar-refractivity contribution < 1.29 is 5.11 Å². The number of nitrogens with zero attached hydrogens (tertiary/aromatic N) is 5. The van der Waals surface area contributed by atoms with Crippen molar-refractivity contribution in [3.63, 3.8) is 0 Å². The first-order valence-electron chi connectivity index (χ1n) is 10.5. The second kappa shape index (κ2) is 8.78. The maximum atomic E-state index is 9.73. The third-order valence-electron chi connectivity index (χ3n) is 5.99. The zero-order valence-corrected chi connectivity index (χ0v) is 16.8. The van der Waals surface area contributed by atoms with E-state index in [0.717, 1.165) is 63.6 Å². The first kappa shape index (κ1) is 19.0. The Morgan fingerprint density at radius 2 is 1.64 bits per heavy atom. The average molecular weight is 382 g/mol. The summed E-state index contributed by atoms with van der Waals surface area (Å²) in [5, 5.41) is 9.73. The van der Waals surface area contributed by atoms with Crippen LogP contribution in [0.25, 0.3) is 0 Å². The van der Waals surface area contributed by atoms with Crippen LogP contribution >= 0.6 is 0 Å². The summed E-state index contributed by atoms with van der Waals surface area (Å²) < 4.78 is 0. The molecule has 2 aliphatic heterocycles. The summed E-state index contributed by atoms with van der Waals surface area (Å²) in [5.41, 5.74) is 2.60. The lowest BCUT2D eigenvalue weighted by molar-refractivity contribution is 0.239. The van der Waals surface area contributed by atoms with E-state index in [2.05, 4.69) is 61.9 Å². The number of aliphatic hydroxyl groups is 1. The lowest BCUT2D eigenvalue weighted by Crippen LogP contribution is -2.42. The Bertz CT molecular complexity index is 766. The SMILES string of the molecule is Cc1ccc(N2CCCN(c3cc(N4CCCCC4CO)ncn3)CC2)cc1. The summed E-state index contributed by atoms with van der Waals surface area (Å²) in [6.07, 6.45) is 6.16. The molecule has 6 nitrogen and oxygen atoms in total. The van der Waals surface area contributed by atoms with E-state index in [1.165, 1.54) is 17.7 Å². The fourth-order valence-electron chi connectivity index (χ4n) is 4.32. The zero-order chi connectivity index (χ0) is 19.3. The van der Waals surface area contributed by atoms with E-state index >= 15 is 0 Å².